The monoisotopic (exact) mass is 361 g/mol. The molecule has 128 valence electrons. The fraction of sp³-hybridized carbons (Fsp3) is 0.571. The van der Waals surface area contributed by atoms with Gasteiger partial charge < -0.3 is 5.32 Å². The Hall–Kier alpha value is -1.22. The van der Waals surface area contributed by atoms with E-state index < -0.39 is 14.9 Å². The highest BCUT2D eigenvalue weighted by atomic mass is 35.5. The largest absolute Gasteiger partial charge is 0.315 e. The molecule has 2 heterocycles. The van der Waals surface area contributed by atoms with Crippen molar-refractivity contribution in [1.29, 1.82) is 0 Å². The van der Waals surface area contributed by atoms with Crippen LogP contribution in [0.2, 0.25) is 0 Å². The van der Waals surface area contributed by atoms with Crippen LogP contribution in [0.15, 0.2) is 24.3 Å². The van der Waals surface area contributed by atoms with Gasteiger partial charge >= 0.3 is 0 Å². The molecule has 0 aromatic heterocycles. The molecule has 23 heavy (non-hydrogen) atoms. The van der Waals surface area contributed by atoms with Crippen LogP contribution in [-0.2, 0) is 15.8 Å². The molecule has 0 amide bonds. The van der Waals surface area contributed by atoms with Crippen molar-refractivity contribution in [2.24, 2.45) is 0 Å². The van der Waals surface area contributed by atoms with E-state index >= 15 is 0 Å². The smallest absolute Gasteiger partial charge is 0.269 e. The molecule has 7 nitrogen and oxygen atoms in total. The third-order valence-electron chi connectivity index (χ3n) is 4.40. The predicted octanol–water partition coefficient (Wildman–Crippen LogP) is 1.67. The summed E-state index contributed by atoms with van der Waals surface area (Å²) in [6.45, 7) is 1.56. The number of non-ortho nitro benzene ring substituents is 1. The van der Waals surface area contributed by atoms with E-state index in [1.807, 2.05) is 0 Å². The first-order valence-corrected chi connectivity index (χ1v) is 9.03. The maximum atomic E-state index is 12.8. The van der Waals surface area contributed by atoms with Crippen LogP contribution in [0.5, 0.6) is 0 Å². The lowest BCUT2D eigenvalue weighted by molar-refractivity contribution is -0.384. The Labute approximate surface area is 141 Å². The summed E-state index contributed by atoms with van der Waals surface area (Å²) in [6, 6.07) is 5.87. The molecule has 0 aliphatic carbocycles. The van der Waals surface area contributed by atoms with Gasteiger partial charge in [0.05, 0.1) is 10.7 Å². The lowest BCUT2D eigenvalue weighted by Gasteiger charge is -2.26. The molecule has 2 saturated heterocycles. The van der Waals surface area contributed by atoms with Crippen molar-refractivity contribution in [2.75, 3.05) is 13.1 Å². The zero-order valence-corrected chi connectivity index (χ0v) is 14.2. The highest BCUT2D eigenvalue weighted by Gasteiger charge is 2.42. The van der Waals surface area contributed by atoms with Crippen LogP contribution < -0.4 is 5.32 Å². The summed E-state index contributed by atoms with van der Waals surface area (Å²) in [7, 11) is -3.41. The average Bonchev–Trinajstić information content (AvgIpc) is 2.73. The Bertz CT molecular complexity index is 651. The molecule has 2 unspecified atom stereocenters. The number of fused-ring (bicyclic) bond motifs is 2. The van der Waals surface area contributed by atoms with Crippen LogP contribution in [-0.4, -0.2) is 42.8 Å². The zero-order valence-electron chi connectivity index (χ0n) is 12.6. The number of sulfonamides is 1. The first kappa shape index (κ1) is 18.1. The minimum absolute atomic E-state index is 0. The minimum Gasteiger partial charge on any atom is -0.315 e. The number of halogens is 1. The van der Waals surface area contributed by atoms with Crippen molar-refractivity contribution in [3.05, 3.63) is 39.9 Å². The van der Waals surface area contributed by atoms with Crippen molar-refractivity contribution < 1.29 is 13.3 Å². The topological polar surface area (TPSA) is 92.5 Å². The van der Waals surface area contributed by atoms with E-state index in [9.17, 15) is 18.5 Å². The fourth-order valence-electron chi connectivity index (χ4n) is 3.39. The normalized spacial score (nSPS) is 24.7. The van der Waals surface area contributed by atoms with Crippen LogP contribution in [0.3, 0.4) is 0 Å². The van der Waals surface area contributed by atoms with Crippen LogP contribution in [0.1, 0.15) is 24.8 Å². The van der Waals surface area contributed by atoms with E-state index in [2.05, 4.69) is 5.32 Å². The fourth-order valence-corrected chi connectivity index (χ4v) is 5.45. The Kier molecular flexibility index (Phi) is 5.61. The zero-order chi connectivity index (χ0) is 15.7. The third-order valence-corrected chi connectivity index (χ3v) is 6.34. The predicted molar refractivity (Wildman–Crippen MR) is 89.1 cm³/mol. The van der Waals surface area contributed by atoms with Gasteiger partial charge in [-0.25, -0.2) is 8.42 Å². The van der Waals surface area contributed by atoms with Crippen molar-refractivity contribution >= 4 is 28.1 Å². The summed E-state index contributed by atoms with van der Waals surface area (Å²) in [5.74, 6) is -0.0992. The standard InChI is InChI=1S/C14H19N3O4S.ClH/c18-17(19)13-3-1-11(2-4-13)10-22(20,21)16-12-5-6-14(16)9-15-8-7-12;/h1-4,12,14-15H,5-10H2;1H. The van der Waals surface area contributed by atoms with Gasteiger partial charge in [0.15, 0.2) is 0 Å². The SMILES string of the molecule is Cl.O=[N+]([O-])c1ccc(CS(=O)(=O)N2C3CCNCC2CC3)cc1. The molecule has 2 fully saturated rings. The van der Waals surface area contributed by atoms with Gasteiger partial charge in [-0.3, -0.25) is 10.1 Å². The maximum absolute atomic E-state index is 12.8. The van der Waals surface area contributed by atoms with Crippen molar-refractivity contribution in [3.63, 3.8) is 0 Å². The first-order chi connectivity index (χ1) is 10.5. The first-order valence-electron chi connectivity index (χ1n) is 7.42. The second-order valence-electron chi connectivity index (χ2n) is 5.89. The van der Waals surface area contributed by atoms with Gasteiger partial charge in [0.25, 0.3) is 5.69 Å². The van der Waals surface area contributed by atoms with Gasteiger partial charge in [0, 0.05) is 30.8 Å². The molecular formula is C14H20ClN3O4S. The summed E-state index contributed by atoms with van der Waals surface area (Å²) in [5.41, 5.74) is 0.558. The van der Waals surface area contributed by atoms with E-state index in [1.165, 1.54) is 24.3 Å². The molecular weight excluding hydrogens is 342 g/mol. The van der Waals surface area contributed by atoms with Gasteiger partial charge in [-0.1, -0.05) is 12.1 Å². The van der Waals surface area contributed by atoms with Crippen LogP contribution in [0, 0.1) is 10.1 Å². The summed E-state index contributed by atoms with van der Waals surface area (Å²) in [4.78, 5) is 10.2. The number of nitro groups is 1. The van der Waals surface area contributed by atoms with E-state index in [4.69, 9.17) is 0 Å². The molecule has 0 radical (unpaired) electrons. The highest BCUT2D eigenvalue weighted by Crippen LogP contribution is 2.32. The lowest BCUT2D eigenvalue weighted by atomic mass is 10.1. The Morgan fingerprint density at radius 2 is 1.83 bits per heavy atom. The molecule has 1 aromatic carbocycles. The number of hydrogen-bond acceptors (Lipinski definition) is 5. The Balaban J connectivity index is 0.00000192. The number of nitrogens with zero attached hydrogens (tertiary/aromatic N) is 2. The van der Waals surface area contributed by atoms with Crippen molar-refractivity contribution in [3.8, 4) is 0 Å². The summed E-state index contributed by atoms with van der Waals surface area (Å²) in [6.07, 6.45) is 2.67. The number of benzene rings is 1. The Morgan fingerprint density at radius 1 is 1.17 bits per heavy atom. The number of nitrogens with one attached hydrogen (secondary N) is 1. The van der Waals surface area contributed by atoms with Crippen LogP contribution in [0.4, 0.5) is 5.69 Å². The molecule has 2 aliphatic rings. The molecule has 3 rings (SSSR count). The van der Waals surface area contributed by atoms with Crippen molar-refractivity contribution in [1.82, 2.24) is 9.62 Å². The van der Waals surface area contributed by atoms with Crippen LogP contribution >= 0.6 is 12.4 Å². The summed E-state index contributed by atoms with van der Waals surface area (Å²) in [5, 5.41) is 13.9. The van der Waals surface area contributed by atoms with Gasteiger partial charge in [-0.05, 0) is 31.4 Å². The van der Waals surface area contributed by atoms with Crippen molar-refractivity contribution in [2.45, 2.75) is 37.1 Å². The van der Waals surface area contributed by atoms with E-state index in [0.717, 1.165) is 25.8 Å². The molecule has 1 aromatic rings. The van der Waals surface area contributed by atoms with Crippen LogP contribution in [0.25, 0.3) is 0 Å². The van der Waals surface area contributed by atoms with Gasteiger partial charge in [-0.2, -0.15) is 4.31 Å². The van der Waals surface area contributed by atoms with E-state index in [0.29, 0.717) is 12.1 Å². The summed E-state index contributed by atoms with van der Waals surface area (Å²) < 4.78 is 27.2. The lowest BCUT2D eigenvalue weighted by Crippen LogP contribution is -2.43. The molecule has 2 bridgehead atoms. The number of rotatable bonds is 4. The number of hydrogen-bond donors (Lipinski definition) is 1. The molecule has 0 saturated carbocycles. The minimum atomic E-state index is -3.41. The van der Waals surface area contributed by atoms with Gasteiger partial charge in [0.2, 0.25) is 10.0 Å². The second kappa shape index (κ2) is 7.12. The van der Waals surface area contributed by atoms with E-state index in [-0.39, 0.29) is 35.9 Å². The third kappa shape index (κ3) is 3.82. The second-order valence-corrected chi connectivity index (χ2v) is 7.76. The molecule has 1 N–H and O–H groups in total. The molecule has 2 aliphatic heterocycles. The molecule has 0 spiro atoms. The molecule has 9 heteroatoms. The van der Waals surface area contributed by atoms with Gasteiger partial charge in [-0.15, -0.1) is 12.4 Å². The Morgan fingerprint density at radius 3 is 2.48 bits per heavy atom. The average molecular weight is 362 g/mol. The molecule has 2 atom stereocenters. The summed E-state index contributed by atoms with van der Waals surface area (Å²) >= 11 is 0. The quantitative estimate of drug-likeness (QED) is 0.650. The highest BCUT2D eigenvalue weighted by molar-refractivity contribution is 7.88. The van der Waals surface area contributed by atoms with E-state index in [1.54, 1.807) is 4.31 Å². The maximum Gasteiger partial charge on any atom is 0.269 e. The van der Waals surface area contributed by atoms with Gasteiger partial charge in [0.1, 0.15) is 0 Å². The number of nitro benzene ring substituents is 1.